The highest BCUT2D eigenvalue weighted by atomic mass is 35.5. The molecule has 0 unspecified atom stereocenters. The number of benzene rings is 2. The second kappa shape index (κ2) is 9.03. The zero-order valence-electron chi connectivity index (χ0n) is 15.7. The molecule has 0 aliphatic rings. The summed E-state index contributed by atoms with van der Waals surface area (Å²) in [5.41, 5.74) is 0.708. The van der Waals surface area contributed by atoms with Crippen LogP contribution in [0.3, 0.4) is 0 Å². The first-order valence-electron chi connectivity index (χ1n) is 7.96. The van der Waals surface area contributed by atoms with Crippen LogP contribution < -0.4 is 18.9 Å². The van der Waals surface area contributed by atoms with Crippen molar-refractivity contribution in [1.29, 1.82) is 0 Å². The molecule has 0 amide bonds. The molecular formula is C18H20ClNO7S. The number of methoxy groups -OCH3 is 3. The van der Waals surface area contributed by atoms with E-state index in [2.05, 4.69) is 9.46 Å². The molecule has 0 aliphatic heterocycles. The summed E-state index contributed by atoms with van der Waals surface area (Å²) in [5.74, 6) is 0.365. The lowest BCUT2D eigenvalue weighted by atomic mass is 10.2. The number of nitrogens with one attached hydrogen (secondary N) is 1. The third-order valence-corrected chi connectivity index (χ3v) is 5.41. The van der Waals surface area contributed by atoms with Crippen molar-refractivity contribution < 1.29 is 32.2 Å². The number of hydrogen-bond acceptors (Lipinski definition) is 7. The van der Waals surface area contributed by atoms with Gasteiger partial charge in [-0.2, -0.15) is 0 Å². The number of hydrogen-bond donors (Lipinski definition) is 1. The molecule has 1 N–H and O–H groups in total. The van der Waals surface area contributed by atoms with Crippen LogP contribution in [0.5, 0.6) is 17.2 Å². The average Bonchev–Trinajstić information content (AvgIpc) is 2.67. The Morgan fingerprint density at radius 3 is 2.29 bits per heavy atom. The van der Waals surface area contributed by atoms with Crippen LogP contribution in [0.25, 0.3) is 0 Å². The summed E-state index contributed by atoms with van der Waals surface area (Å²) in [5, 5.41) is 0.283. The van der Waals surface area contributed by atoms with Gasteiger partial charge in [0.05, 0.1) is 36.9 Å². The molecule has 28 heavy (non-hydrogen) atoms. The predicted octanol–water partition coefficient (Wildman–Crippen LogP) is 3.02. The number of halogens is 1. The molecule has 0 aromatic heterocycles. The van der Waals surface area contributed by atoms with Gasteiger partial charge in [-0.3, -0.25) is 4.72 Å². The molecule has 0 atom stereocenters. The molecule has 10 heteroatoms. The normalized spacial score (nSPS) is 10.9. The molecule has 152 valence electrons. The molecule has 8 nitrogen and oxygen atoms in total. The first kappa shape index (κ1) is 21.6. The van der Waals surface area contributed by atoms with E-state index in [1.54, 1.807) is 6.92 Å². The molecule has 2 aromatic rings. The highest BCUT2D eigenvalue weighted by Gasteiger charge is 2.20. The molecule has 2 rings (SSSR count). The summed E-state index contributed by atoms with van der Waals surface area (Å²) < 4.78 is 48.1. The van der Waals surface area contributed by atoms with Gasteiger partial charge in [0.25, 0.3) is 10.0 Å². The van der Waals surface area contributed by atoms with Gasteiger partial charge in [0, 0.05) is 12.1 Å². The first-order chi connectivity index (χ1) is 13.2. The Morgan fingerprint density at radius 1 is 1.04 bits per heavy atom. The average molecular weight is 430 g/mol. The number of esters is 1. The lowest BCUT2D eigenvalue weighted by Gasteiger charge is -2.15. The predicted molar refractivity (Wildman–Crippen MR) is 104 cm³/mol. The molecule has 0 spiro atoms. The molecule has 0 radical (unpaired) electrons. The zero-order chi connectivity index (χ0) is 20.9. The fraction of sp³-hybridized carbons (Fsp3) is 0.278. The fourth-order valence-corrected chi connectivity index (χ4v) is 3.67. The standard InChI is InChI=1S/C18H20ClNO7S/c1-11-7-12(5-6-15(11)27-10-18(21)26-4)28(22,23)20-14-9-16(24-2)13(19)8-17(14)25-3/h5-9,20H,10H2,1-4H3. The van der Waals surface area contributed by atoms with E-state index < -0.39 is 16.0 Å². The molecule has 0 saturated carbocycles. The van der Waals surface area contributed by atoms with Gasteiger partial charge in [0.2, 0.25) is 0 Å². The van der Waals surface area contributed by atoms with Crippen LogP contribution in [0.4, 0.5) is 5.69 Å². The van der Waals surface area contributed by atoms with Crippen LogP contribution in [0.2, 0.25) is 5.02 Å². The Labute approximate surface area is 168 Å². The molecule has 0 fully saturated rings. The number of rotatable bonds is 8. The number of ether oxygens (including phenoxy) is 4. The summed E-state index contributed by atoms with van der Waals surface area (Å²) in [6.07, 6.45) is 0. The van der Waals surface area contributed by atoms with Crippen molar-refractivity contribution in [2.45, 2.75) is 11.8 Å². The fourth-order valence-electron chi connectivity index (χ4n) is 2.29. The van der Waals surface area contributed by atoms with Crippen molar-refractivity contribution in [3.63, 3.8) is 0 Å². The summed E-state index contributed by atoms with van der Waals surface area (Å²) >= 11 is 6.04. The van der Waals surface area contributed by atoms with Crippen molar-refractivity contribution in [1.82, 2.24) is 0 Å². The van der Waals surface area contributed by atoms with Crippen molar-refractivity contribution in [3.8, 4) is 17.2 Å². The monoisotopic (exact) mass is 429 g/mol. The third kappa shape index (κ3) is 4.99. The van der Waals surface area contributed by atoms with Crippen LogP contribution in [-0.4, -0.2) is 42.3 Å². The van der Waals surface area contributed by atoms with Gasteiger partial charge in [-0.05, 0) is 30.7 Å². The Hall–Kier alpha value is -2.65. The molecule has 0 heterocycles. The molecular weight excluding hydrogens is 410 g/mol. The zero-order valence-corrected chi connectivity index (χ0v) is 17.3. The van der Waals surface area contributed by atoms with E-state index in [0.29, 0.717) is 17.1 Å². The highest BCUT2D eigenvalue weighted by molar-refractivity contribution is 7.92. The Kier molecular flexibility index (Phi) is 6.98. The van der Waals surface area contributed by atoms with E-state index in [4.69, 9.17) is 25.8 Å². The maximum atomic E-state index is 12.8. The van der Waals surface area contributed by atoms with Crippen LogP contribution in [0.15, 0.2) is 35.2 Å². The van der Waals surface area contributed by atoms with Crippen LogP contribution in [-0.2, 0) is 19.6 Å². The van der Waals surface area contributed by atoms with Gasteiger partial charge in [0.1, 0.15) is 17.2 Å². The van der Waals surface area contributed by atoms with Crippen LogP contribution in [0.1, 0.15) is 5.56 Å². The van der Waals surface area contributed by atoms with E-state index in [1.807, 2.05) is 0 Å². The van der Waals surface area contributed by atoms with E-state index in [9.17, 15) is 13.2 Å². The maximum absolute atomic E-state index is 12.8. The quantitative estimate of drug-likeness (QED) is 0.643. The SMILES string of the molecule is COC(=O)COc1ccc(S(=O)(=O)Nc2cc(OC)c(Cl)cc2OC)cc1C. The second-order valence-corrected chi connectivity index (χ2v) is 7.67. The minimum absolute atomic E-state index is 0.00591. The van der Waals surface area contributed by atoms with E-state index in [0.717, 1.165) is 0 Å². The van der Waals surface area contributed by atoms with Gasteiger partial charge < -0.3 is 18.9 Å². The maximum Gasteiger partial charge on any atom is 0.343 e. The largest absolute Gasteiger partial charge is 0.495 e. The molecule has 0 bridgehead atoms. The van der Waals surface area contributed by atoms with Crippen LogP contribution >= 0.6 is 11.6 Å². The Morgan fingerprint density at radius 2 is 1.71 bits per heavy atom. The Bertz CT molecular complexity index is 976. The first-order valence-corrected chi connectivity index (χ1v) is 9.82. The number of carbonyl (C=O) groups excluding carboxylic acids is 1. The number of anilines is 1. The van der Waals surface area contributed by atoms with Crippen molar-refractivity contribution in [2.75, 3.05) is 32.7 Å². The number of carbonyl (C=O) groups is 1. The van der Waals surface area contributed by atoms with Gasteiger partial charge in [-0.15, -0.1) is 0 Å². The summed E-state index contributed by atoms with van der Waals surface area (Å²) in [6.45, 7) is 1.39. The summed E-state index contributed by atoms with van der Waals surface area (Å²) in [4.78, 5) is 11.2. The van der Waals surface area contributed by atoms with E-state index in [-0.39, 0.29) is 28.0 Å². The topological polar surface area (TPSA) is 100 Å². The van der Waals surface area contributed by atoms with Crippen molar-refractivity contribution in [2.24, 2.45) is 0 Å². The van der Waals surface area contributed by atoms with Gasteiger partial charge in [0.15, 0.2) is 6.61 Å². The third-order valence-electron chi connectivity index (χ3n) is 3.75. The van der Waals surface area contributed by atoms with Gasteiger partial charge in [-0.25, -0.2) is 13.2 Å². The lowest BCUT2D eigenvalue weighted by Crippen LogP contribution is -2.15. The smallest absolute Gasteiger partial charge is 0.343 e. The second-order valence-electron chi connectivity index (χ2n) is 5.58. The Balaban J connectivity index is 2.30. The minimum Gasteiger partial charge on any atom is -0.495 e. The summed E-state index contributed by atoms with van der Waals surface area (Å²) in [7, 11) is 0.131. The van der Waals surface area contributed by atoms with Gasteiger partial charge in [-0.1, -0.05) is 11.6 Å². The van der Waals surface area contributed by atoms with E-state index >= 15 is 0 Å². The molecule has 0 saturated heterocycles. The molecule has 2 aromatic carbocycles. The van der Waals surface area contributed by atoms with Crippen molar-refractivity contribution in [3.05, 3.63) is 40.9 Å². The van der Waals surface area contributed by atoms with E-state index in [1.165, 1.54) is 51.7 Å². The number of sulfonamides is 1. The summed E-state index contributed by atoms with van der Waals surface area (Å²) in [6, 6.07) is 7.13. The molecule has 0 aliphatic carbocycles. The van der Waals surface area contributed by atoms with Gasteiger partial charge >= 0.3 is 5.97 Å². The lowest BCUT2D eigenvalue weighted by molar-refractivity contribution is -0.142. The minimum atomic E-state index is -3.93. The highest BCUT2D eigenvalue weighted by Crippen LogP contribution is 2.37. The number of aryl methyl sites for hydroxylation is 1. The van der Waals surface area contributed by atoms with Crippen LogP contribution in [0, 0.1) is 6.92 Å². The van der Waals surface area contributed by atoms with Crippen molar-refractivity contribution >= 4 is 33.3 Å².